The van der Waals surface area contributed by atoms with Gasteiger partial charge in [0.25, 0.3) is 0 Å². The Morgan fingerprint density at radius 1 is 1.24 bits per heavy atom. The summed E-state index contributed by atoms with van der Waals surface area (Å²) >= 11 is 15.4. The van der Waals surface area contributed by atoms with E-state index in [4.69, 9.17) is 27.9 Å². The molecule has 17 heavy (non-hydrogen) atoms. The van der Waals surface area contributed by atoms with E-state index >= 15 is 0 Å². The first-order chi connectivity index (χ1) is 7.90. The third kappa shape index (κ3) is 5.04. The van der Waals surface area contributed by atoms with Crippen LogP contribution in [0.15, 0.2) is 16.6 Å². The van der Waals surface area contributed by atoms with Crippen LogP contribution in [0.4, 0.5) is 0 Å². The van der Waals surface area contributed by atoms with Crippen molar-refractivity contribution in [3.05, 3.63) is 26.7 Å². The second kappa shape index (κ2) is 6.83. The van der Waals surface area contributed by atoms with Crippen LogP contribution in [-0.2, 0) is 0 Å². The van der Waals surface area contributed by atoms with Crippen LogP contribution in [0, 0.1) is 0 Å². The number of halogens is 3. The predicted octanol–water partition coefficient (Wildman–Crippen LogP) is 4.52. The fraction of sp³-hybridized carbons (Fsp3) is 0.500. The summed E-state index contributed by atoms with van der Waals surface area (Å²) in [6.45, 7) is 6.94. The molecule has 0 amide bonds. The van der Waals surface area contributed by atoms with Crippen LogP contribution in [0.1, 0.15) is 20.8 Å². The van der Waals surface area contributed by atoms with Crippen LogP contribution in [0.25, 0.3) is 0 Å². The van der Waals surface area contributed by atoms with E-state index in [1.807, 2.05) is 6.92 Å². The van der Waals surface area contributed by atoms with Crippen molar-refractivity contribution < 1.29 is 4.74 Å². The molecule has 0 saturated carbocycles. The van der Waals surface area contributed by atoms with Gasteiger partial charge in [-0.15, -0.1) is 0 Å². The van der Waals surface area contributed by atoms with Gasteiger partial charge in [0.15, 0.2) is 0 Å². The number of rotatable bonds is 5. The minimum Gasteiger partial charge on any atom is -0.488 e. The van der Waals surface area contributed by atoms with E-state index in [1.54, 1.807) is 12.1 Å². The van der Waals surface area contributed by atoms with E-state index in [2.05, 4.69) is 35.1 Å². The van der Waals surface area contributed by atoms with Gasteiger partial charge in [-0.05, 0) is 28.9 Å². The molecule has 0 saturated heterocycles. The van der Waals surface area contributed by atoms with Crippen molar-refractivity contribution >= 4 is 39.1 Å². The van der Waals surface area contributed by atoms with Crippen LogP contribution >= 0.6 is 39.1 Å². The quantitative estimate of drug-likeness (QED) is 0.795. The van der Waals surface area contributed by atoms with E-state index in [9.17, 15) is 0 Å². The molecule has 0 aliphatic rings. The lowest BCUT2D eigenvalue weighted by atomic mass is 10.3. The molecule has 96 valence electrons. The fourth-order valence-corrected chi connectivity index (χ4v) is 2.09. The van der Waals surface area contributed by atoms with Gasteiger partial charge in [0.05, 0.1) is 10.0 Å². The first-order valence-corrected chi connectivity index (χ1v) is 6.99. The molecular weight excluding hydrogens is 325 g/mol. The Morgan fingerprint density at radius 2 is 1.88 bits per heavy atom. The Balaban J connectivity index is 2.65. The molecule has 0 fully saturated rings. The maximum absolute atomic E-state index is 6.07. The number of hydrogen-bond donors (Lipinski definition) is 1. The topological polar surface area (TPSA) is 21.3 Å². The zero-order chi connectivity index (χ0) is 13.0. The van der Waals surface area contributed by atoms with Crippen molar-refractivity contribution in [3.63, 3.8) is 0 Å². The van der Waals surface area contributed by atoms with Gasteiger partial charge in [0.2, 0.25) is 0 Å². The number of hydrogen-bond acceptors (Lipinski definition) is 2. The normalized spacial score (nSPS) is 12.9. The lowest BCUT2D eigenvalue weighted by molar-refractivity contribution is 0.214. The molecule has 1 rings (SSSR count). The molecule has 0 aliphatic heterocycles. The monoisotopic (exact) mass is 339 g/mol. The van der Waals surface area contributed by atoms with Crippen LogP contribution < -0.4 is 10.1 Å². The highest BCUT2D eigenvalue weighted by molar-refractivity contribution is 9.10. The van der Waals surface area contributed by atoms with Gasteiger partial charge in [0.1, 0.15) is 11.9 Å². The fourth-order valence-electron chi connectivity index (χ4n) is 1.25. The van der Waals surface area contributed by atoms with E-state index in [1.165, 1.54) is 0 Å². The van der Waals surface area contributed by atoms with E-state index in [-0.39, 0.29) is 6.10 Å². The van der Waals surface area contributed by atoms with Crippen LogP contribution in [0.2, 0.25) is 10.0 Å². The van der Waals surface area contributed by atoms with Gasteiger partial charge in [-0.1, -0.05) is 37.0 Å². The first kappa shape index (κ1) is 15.1. The number of ether oxygens (including phenoxy) is 1. The molecule has 0 radical (unpaired) electrons. The summed E-state index contributed by atoms with van der Waals surface area (Å²) in [5.74, 6) is 0.609. The Labute approximate surface area is 121 Å². The second-order valence-corrected chi connectivity index (χ2v) is 5.86. The van der Waals surface area contributed by atoms with Gasteiger partial charge in [0, 0.05) is 23.1 Å². The molecule has 0 spiro atoms. The van der Waals surface area contributed by atoms with Crippen molar-refractivity contribution in [2.75, 3.05) is 6.54 Å². The summed E-state index contributed by atoms with van der Waals surface area (Å²) < 4.78 is 6.50. The van der Waals surface area contributed by atoms with Crippen LogP contribution in [0.5, 0.6) is 5.75 Å². The maximum atomic E-state index is 6.07. The molecule has 1 aromatic carbocycles. The third-order valence-corrected chi connectivity index (χ3v) is 3.61. The zero-order valence-corrected chi connectivity index (χ0v) is 13.2. The maximum Gasteiger partial charge on any atom is 0.139 e. The van der Waals surface area contributed by atoms with E-state index < -0.39 is 0 Å². The highest BCUT2D eigenvalue weighted by Crippen LogP contribution is 2.34. The summed E-state index contributed by atoms with van der Waals surface area (Å²) in [6, 6.07) is 3.90. The molecule has 0 bridgehead atoms. The molecule has 2 nitrogen and oxygen atoms in total. The molecule has 0 heterocycles. The minimum absolute atomic E-state index is 0.0344. The van der Waals surface area contributed by atoms with Crippen LogP contribution in [0.3, 0.4) is 0 Å². The van der Waals surface area contributed by atoms with Crippen molar-refractivity contribution in [2.45, 2.75) is 32.9 Å². The largest absolute Gasteiger partial charge is 0.488 e. The van der Waals surface area contributed by atoms with E-state index in [0.717, 1.165) is 11.0 Å². The molecule has 1 unspecified atom stereocenters. The van der Waals surface area contributed by atoms with Gasteiger partial charge >= 0.3 is 0 Å². The lowest BCUT2D eigenvalue weighted by Crippen LogP contribution is -2.33. The van der Waals surface area contributed by atoms with Crippen LogP contribution in [-0.4, -0.2) is 18.7 Å². The summed E-state index contributed by atoms with van der Waals surface area (Å²) in [5.41, 5.74) is 0. The Bertz CT molecular complexity index is 385. The SMILES string of the molecule is CC(C)NCC(C)Oc1cc(Cl)c(Br)cc1Cl. The molecule has 1 aromatic rings. The molecule has 0 aliphatic carbocycles. The minimum atomic E-state index is 0.0344. The molecule has 1 N–H and O–H groups in total. The third-order valence-electron chi connectivity index (χ3n) is 2.12. The molecular formula is C12H16BrCl2NO. The highest BCUT2D eigenvalue weighted by Gasteiger charge is 2.10. The Kier molecular flexibility index (Phi) is 6.07. The standard InChI is InChI=1S/C12H16BrCl2NO/c1-7(2)16-6-8(3)17-12-5-10(14)9(13)4-11(12)15/h4-5,7-8,16H,6H2,1-3H3. The Morgan fingerprint density at radius 3 is 2.47 bits per heavy atom. The highest BCUT2D eigenvalue weighted by atomic mass is 79.9. The Hall–Kier alpha value is 0.0400. The van der Waals surface area contributed by atoms with Gasteiger partial charge in [-0.25, -0.2) is 0 Å². The van der Waals surface area contributed by atoms with Crippen molar-refractivity contribution in [3.8, 4) is 5.75 Å². The average Bonchev–Trinajstić information content (AvgIpc) is 2.23. The van der Waals surface area contributed by atoms with Gasteiger partial charge in [-0.2, -0.15) is 0 Å². The summed E-state index contributed by atoms with van der Waals surface area (Å²) in [4.78, 5) is 0. The van der Waals surface area contributed by atoms with Crippen molar-refractivity contribution in [1.29, 1.82) is 0 Å². The number of benzene rings is 1. The first-order valence-electron chi connectivity index (χ1n) is 5.44. The smallest absolute Gasteiger partial charge is 0.139 e. The number of nitrogens with one attached hydrogen (secondary N) is 1. The average molecular weight is 341 g/mol. The molecule has 0 aromatic heterocycles. The summed E-state index contributed by atoms with van der Waals surface area (Å²) in [5, 5.41) is 4.45. The second-order valence-electron chi connectivity index (χ2n) is 4.19. The van der Waals surface area contributed by atoms with Gasteiger partial charge < -0.3 is 10.1 Å². The van der Waals surface area contributed by atoms with Crippen molar-refractivity contribution in [1.82, 2.24) is 5.32 Å². The molecule has 5 heteroatoms. The zero-order valence-electron chi connectivity index (χ0n) is 10.1. The molecule has 1 atom stereocenters. The lowest BCUT2D eigenvalue weighted by Gasteiger charge is -2.18. The van der Waals surface area contributed by atoms with Gasteiger partial charge in [-0.3, -0.25) is 0 Å². The van der Waals surface area contributed by atoms with E-state index in [0.29, 0.717) is 21.8 Å². The predicted molar refractivity (Wildman–Crippen MR) is 77.4 cm³/mol. The summed E-state index contributed by atoms with van der Waals surface area (Å²) in [7, 11) is 0. The van der Waals surface area contributed by atoms with Crippen molar-refractivity contribution in [2.24, 2.45) is 0 Å². The summed E-state index contributed by atoms with van der Waals surface area (Å²) in [6.07, 6.45) is 0.0344.